The fourth-order valence-electron chi connectivity index (χ4n) is 5.01. The molecule has 0 bridgehead atoms. The van der Waals surface area contributed by atoms with E-state index in [1.807, 2.05) is 0 Å². The maximum atomic E-state index is 6.99. The Labute approximate surface area is 246 Å². The molecule has 0 fully saturated rings. The summed E-state index contributed by atoms with van der Waals surface area (Å²) in [5, 5.41) is 0.979. The average molecular weight is 577 g/mol. The number of hydrogen-bond donors (Lipinski definition) is 0. The molecule has 0 aliphatic carbocycles. The molecule has 0 spiro atoms. The number of benzene rings is 1. The van der Waals surface area contributed by atoms with E-state index in [9.17, 15) is 0 Å². The molecule has 1 heterocycles. The Hall–Kier alpha value is -0.793. The van der Waals surface area contributed by atoms with Gasteiger partial charge < -0.3 is 13.3 Å². The van der Waals surface area contributed by atoms with Gasteiger partial charge in [-0.2, -0.15) is 0 Å². The summed E-state index contributed by atoms with van der Waals surface area (Å²) in [6, 6.07) is 8.36. The normalized spacial score (nSPS) is 16.7. The van der Waals surface area contributed by atoms with Crippen molar-refractivity contribution in [2.24, 2.45) is 17.8 Å². The molecule has 4 nitrogen and oxygen atoms in total. The van der Waals surface area contributed by atoms with Crippen LogP contribution in [-0.4, -0.2) is 33.6 Å². The second-order valence-corrected chi connectivity index (χ2v) is 15.2. The van der Waals surface area contributed by atoms with Gasteiger partial charge in [-0.05, 0) is 56.1 Å². The molecule has 0 saturated heterocycles. The Balaban J connectivity index is 2.42. The van der Waals surface area contributed by atoms with Crippen LogP contribution in [0.4, 0.5) is 0 Å². The van der Waals surface area contributed by atoms with Crippen molar-refractivity contribution in [1.82, 2.24) is 4.98 Å². The lowest BCUT2D eigenvalue weighted by molar-refractivity contribution is 0.0199. The molecule has 0 saturated carbocycles. The number of thiazole rings is 1. The van der Waals surface area contributed by atoms with Crippen molar-refractivity contribution in [3.63, 3.8) is 0 Å². The third-order valence-electron chi connectivity index (χ3n) is 8.23. The molecule has 39 heavy (non-hydrogen) atoms. The van der Waals surface area contributed by atoms with Crippen LogP contribution in [0.25, 0.3) is 10.2 Å². The van der Waals surface area contributed by atoms with Gasteiger partial charge in [0.1, 0.15) is 5.01 Å². The average Bonchev–Trinajstić information content (AvgIpc) is 3.41. The van der Waals surface area contributed by atoms with Crippen LogP contribution >= 0.6 is 11.3 Å². The number of unbranched alkanes of at least 4 members (excludes halogenated alkanes) is 3. The third-order valence-corrected chi connectivity index (χ3v) is 12.4. The van der Waals surface area contributed by atoms with Gasteiger partial charge in [-0.15, -0.1) is 11.3 Å². The van der Waals surface area contributed by atoms with E-state index in [1.54, 1.807) is 11.3 Å². The summed E-state index contributed by atoms with van der Waals surface area (Å²) in [5.41, 5.74) is 0.776. The highest BCUT2D eigenvalue weighted by Gasteiger charge is 2.51. The molecule has 1 radical (unpaired) electrons. The van der Waals surface area contributed by atoms with Crippen LogP contribution in [0.2, 0.25) is 0 Å². The topological polar surface area (TPSA) is 40.6 Å². The van der Waals surface area contributed by atoms with Crippen molar-refractivity contribution in [3.05, 3.63) is 36.2 Å². The molecule has 2 aromatic rings. The molecule has 2 rings (SSSR count). The smallest absolute Gasteiger partial charge is 0.373 e. The number of aromatic nitrogens is 1. The van der Waals surface area contributed by atoms with E-state index in [2.05, 4.69) is 65.8 Å². The van der Waals surface area contributed by atoms with Gasteiger partial charge in [0.25, 0.3) is 0 Å². The lowest BCUT2D eigenvalue weighted by atomic mass is 10.0. The van der Waals surface area contributed by atoms with Gasteiger partial charge in [0.2, 0.25) is 0 Å². The Morgan fingerprint density at radius 2 is 1.15 bits per heavy atom. The zero-order valence-electron chi connectivity index (χ0n) is 26.0. The maximum Gasteiger partial charge on any atom is 0.511 e. The first-order valence-corrected chi connectivity index (χ1v) is 18.7. The minimum absolute atomic E-state index is 0.244. The molecule has 0 N–H and O–H groups in total. The summed E-state index contributed by atoms with van der Waals surface area (Å²) in [6.45, 7) is 20.4. The predicted octanol–water partition coefficient (Wildman–Crippen LogP) is 10.4. The van der Waals surface area contributed by atoms with Crippen LogP contribution in [-0.2, 0) is 13.3 Å². The third kappa shape index (κ3) is 11.2. The second kappa shape index (κ2) is 19.3. The Morgan fingerprint density at radius 3 is 1.54 bits per heavy atom. The van der Waals surface area contributed by atoms with E-state index in [0.717, 1.165) is 29.8 Å². The SMILES string of the molecule is [CH2]C(c1nc2ccccc2s1)[Si](OCC(CC)CCCC)(OCC(CC)CCCC)OCC(CC)CCCC. The van der Waals surface area contributed by atoms with Gasteiger partial charge in [-0.3, -0.25) is 0 Å². The number of nitrogens with zero attached hydrogens (tertiary/aromatic N) is 1. The minimum Gasteiger partial charge on any atom is -0.373 e. The van der Waals surface area contributed by atoms with Crippen molar-refractivity contribution < 1.29 is 13.3 Å². The van der Waals surface area contributed by atoms with Gasteiger partial charge in [0.05, 0.1) is 15.8 Å². The Kier molecular flexibility index (Phi) is 17.1. The molecule has 223 valence electrons. The molecule has 0 amide bonds. The van der Waals surface area contributed by atoms with E-state index in [4.69, 9.17) is 25.2 Å². The molecule has 6 heteroatoms. The highest BCUT2D eigenvalue weighted by Crippen LogP contribution is 2.36. The predicted molar refractivity (Wildman–Crippen MR) is 171 cm³/mol. The minimum atomic E-state index is -3.22. The number of rotatable bonds is 23. The van der Waals surface area contributed by atoms with Crippen LogP contribution in [0.15, 0.2) is 24.3 Å². The highest BCUT2D eigenvalue weighted by molar-refractivity contribution is 7.19. The lowest BCUT2D eigenvalue weighted by Crippen LogP contribution is -2.53. The lowest BCUT2D eigenvalue weighted by Gasteiger charge is -2.36. The highest BCUT2D eigenvalue weighted by atomic mass is 32.1. The van der Waals surface area contributed by atoms with Crippen molar-refractivity contribution >= 4 is 30.4 Å². The number of fused-ring (bicyclic) bond motifs is 1. The van der Waals surface area contributed by atoms with E-state index in [0.29, 0.717) is 37.6 Å². The van der Waals surface area contributed by atoms with Gasteiger partial charge in [-0.1, -0.05) is 111 Å². The van der Waals surface area contributed by atoms with Crippen LogP contribution in [0.3, 0.4) is 0 Å². The molecular weight excluding hydrogens is 519 g/mol. The first-order chi connectivity index (χ1) is 19.0. The molecule has 0 aliphatic rings. The standard InChI is InChI=1S/C33H58NO3SSi/c1-8-14-19-28(11-4)24-35-39(36-25-29(12-5)20-15-9-2,37-26-30(13-6)21-16-10-3)27(7)33-34-31-22-17-18-23-32(31)38-33/h17-18,22-23,27-30H,7-16,19-21,24-26H2,1-6H3. The van der Waals surface area contributed by atoms with Crippen LogP contribution < -0.4 is 0 Å². The van der Waals surface area contributed by atoms with Gasteiger partial charge in [-0.25, -0.2) is 4.98 Å². The fraction of sp³-hybridized carbons (Fsp3) is 0.758. The van der Waals surface area contributed by atoms with Crippen LogP contribution in [0, 0.1) is 24.7 Å². The van der Waals surface area contributed by atoms with Crippen molar-refractivity contribution in [2.45, 2.75) is 124 Å². The molecule has 4 unspecified atom stereocenters. The van der Waals surface area contributed by atoms with Crippen molar-refractivity contribution in [1.29, 1.82) is 0 Å². The van der Waals surface area contributed by atoms with E-state index in [1.165, 1.54) is 62.5 Å². The molecule has 4 atom stereocenters. The van der Waals surface area contributed by atoms with Crippen LogP contribution in [0.1, 0.15) is 129 Å². The maximum absolute atomic E-state index is 6.99. The molecule has 1 aromatic heterocycles. The largest absolute Gasteiger partial charge is 0.511 e. The van der Waals surface area contributed by atoms with Crippen molar-refractivity contribution in [3.8, 4) is 0 Å². The monoisotopic (exact) mass is 576 g/mol. The van der Waals surface area contributed by atoms with Crippen LogP contribution in [0.5, 0.6) is 0 Å². The Bertz CT molecular complexity index is 807. The first-order valence-electron chi connectivity index (χ1n) is 16.1. The van der Waals surface area contributed by atoms with Crippen molar-refractivity contribution in [2.75, 3.05) is 19.8 Å². The van der Waals surface area contributed by atoms with Gasteiger partial charge >= 0.3 is 8.80 Å². The fourth-order valence-corrected chi connectivity index (χ4v) is 9.12. The molecule has 1 aromatic carbocycles. The second-order valence-electron chi connectivity index (χ2n) is 11.4. The number of hydrogen-bond acceptors (Lipinski definition) is 5. The number of para-hydroxylation sites is 1. The summed E-state index contributed by atoms with van der Waals surface area (Å²) in [7, 11) is -3.22. The summed E-state index contributed by atoms with van der Waals surface area (Å²) >= 11 is 1.72. The zero-order chi connectivity index (χ0) is 28.5. The van der Waals surface area contributed by atoms with E-state index < -0.39 is 8.80 Å². The summed E-state index contributed by atoms with van der Waals surface area (Å²) in [6.07, 6.45) is 14.2. The molecular formula is C33H58NO3SSi. The summed E-state index contributed by atoms with van der Waals surface area (Å²) in [5.74, 6) is 1.53. The van der Waals surface area contributed by atoms with Gasteiger partial charge in [0, 0.05) is 19.8 Å². The summed E-state index contributed by atoms with van der Waals surface area (Å²) < 4.78 is 22.2. The zero-order valence-corrected chi connectivity index (χ0v) is 27.8. The first kappa shape index (κ1) is 34.4. The molecule has 0 aliphatic heterocycles. The van der Waals surface area contributed by atoms with Gasteiger partial charge in [0.15, 0.2) is 0 Å². The van der Waals surface area contributed by atoms with E-state index in [-0.39, 0.29) is 5.54 Å². The van der Waals surface area contributed by atoms with E-state index >= 15 is 0 Å². The quantitative estimate of drug-likeness (QED) is 0.123. The summed E-state index contributed by atoms with van der Waals surface area (Å²) in [4.78, 5) is 5.02. The Morgan fingerprint density at radius 1 is 0.718 bits per heavy atom.